The van der Waals surface area contributed by atoms with Crippen LogP contribution in [0.2, 0.25) is 0 Å². The van der Waals surface area contributed by atoms with E-state index < -0.39 is 11.4 Å². The van der Waals surface area contributed by atoms with Crippen molar-refractivity contribution in [2.45, 2.75) is 18.9 Å². The van der Waals surface area contributed by atoms with Gasteiger partial charge < -0.3 is 10.3 Å². The highest BCUT2D eigenvalue weighted by Gasteiger charge is 2.37. The van der Waals surface area contributed by atoms with Crippen molar-refractivity contribution < 1.29 is 4.39 Å². The van der Waals surface area contributed by atoms with E-state index in [1.165, 1.54) is 17.0 Å². The number of halogens is 1. The molecule has 1 aliphatic rings. The summed E-state index contributed by atoms with van der Waals surface area (Å²) in [5.41, 5.74) is 1.76. The van der Waals surface area contributed by atoms with Gasteiger partial charge in [0.1, 0.15) is 28.9 Å². The summed E-state index contributed by atoms with van der Waals surface area (Å²) >= 11 is 0. The molecule has 3 heterocycles. The first-order valence-electron chi connectivity index (χ1n) is 10.4. The van der Waals surface area contributed by atoms with Crippen molar-refractivity contribution in [3.63, 3.8) is 0 Å². The molecule has 1 fully saturated rings. The number of hydrogen-bond donors (Lipinski definition) is 2. The first-order valence-corrected chi connectivity index (χ1v) is 10.4. The maximum absolute atomic E-state index is 14.6. The molecular formula is C23H18FN7O. The lowest BCUT2D eigenvalue weighted by Crippen LogP contribution is -2.29. The van der Waals surface area contributed by atoms with Crippen molar-refractivity contribution in [3.05, 3.63) is 83.2 Å². The van der Waals surface area contributed by atoms with Gasteiger partial charge in [0.05, 0.1) is 23.6 Å². The quantitative estimate of drug-likeness (QED) is 0.443. The smallest absolute Gasteiger partial charge is 0.269 e. The molecule has 8 nitrogen and oxygen atoms in total. The lowest BCUT2D eigenvalue weighted by atomic mass is 10.1. The number of imidazole rings is 1. The number of benzene rings is 2. The van der Waals surface area contributed by atoms with Crippen molar-refractivity contribution in [3.8, 4) is 5.69 Å². The summed E-state index contributed by atoms with van der Waals surface area (Å²) in [6, 6.07) is 13.4. The molecular weight excluding hydrogens is 409 g/mol. The fourth-order valence-electron chi connectivity index (χ4n) is 4.09. The van der Waals surface area contributed by atoms with Crippen LogP contribution in [0.3, 0.4) is 0 Å². The second-order valence-corrected chi connectivity index (χ2v) is 7.86. The Hall–Kier alpha value is -4.14. The SMILES string of the molecule is O=c1c2c(F)cccc2nc(C(Nc2ncnc3nc[nH]c23)C2CC2)n1-c1ccccc1. The Balaban J connectivity index is 1.59. The standard InChI is InChI=1S/C23H18FN7O/c24-15-7-4-8-16-17(15)23(32)31(14-5-2-1-3-6-14)22(29-16)18(13-9-10-13)30-21-19-20(26-11-25-19)27-12-28-21/h1-8,11-13,18H,9-10H2,(H2,25,26,27,28,30). The third-order valence-corrected chi connectivity index (χ3v) is 5.77. The molecule has 5 aromatic rings. The van der Waals surface area contributed by atoms with Gasteiger partial charge in [0.25, 0.3) is 5.56 Å². The van der Waals surface area contributed by atoms with E-state index in [2.05, 4.69) is 25.3 Å². The average molecular weight is 427 g/mol. The molecule has 0 amide bonds. The summed E-state index contributed by atoms with van der Waals surface area (Å²) in [5.74, 6) is 0.781. The molecule has 0 aliphatic heterocycles. The highest BCUT2D eigenvalue weighted by Crippen LogP contribution is 2.43. The second kappa shape index (κ2) is 7.23. The van der Waals surface area contributed by atoms with E-state index in [9.17, 15) is 9.18 Å². The first-order chi connectivity index (χ1) is 15.7. The number of H-pyrrole nitrogens is 1. The summed E-state index contributed by atoms with van der Waals surface area (Å²) in [7, 11) is 0. The van der Waals surface area contributed by atoms with Crippen LogP contribution >= 0.6 is 0 Å². The van der Waals surface area contributed by atoms with Crippen LogP contribution in [0.1, 0.15) is 24.7 Å². The first kappa shape index (κ1) is 18.6. The zero-order valence-electron chi connectivity index (χ0n) is 16.9. The zero-order valence-corrected chi connectivity index (χ0v) is 16.9. The molecule has 0 saturated heterocycles. The molecule has 0 radical (unpaired) electrons. The van der Waals surface area contributed by atoms with Gasteiger partial charge in [-0.05, 0) is 43.0 Å². The van der Waals surface area contributed by atoms with Gasteiger partial charge in [-0.25, -0.2) is 24.3 Å². The Morgan fingerprint density at radius 3 is 2.72 bits per heavy atom. The molecule has 6 rings (SSSR count). The van der Waals surface area contributed by atoms with Crippen molar-refractivity contribution in [1.82, 2.24) is 29.5 Å². The van der Waals surface area contributed by atoms with Crippen molar-refractivity contribution >= 4 is 27.9 Å². The van der Waals surface area contributed by atoms with Gasteiger partial charge >= 0.3 is 0 Å². The monoisotopic (exact) mass is 427 g/mol. The molecule has 1 atom stereocenters. The van der Waals surface area contributed by atoms with Gasteiger partial charge in [-0.3, -0.25) is 9.36 Å². The number of nitrogens with one attached hydrogen (secondary N) is 2. The number of anilines is 1. The second-order valence-electron chi connectivity index (χ2n) is 7.86. The van der Waals surface area contributed by atoms with E-state index >= 15 is 0 Å². The molecule has 1 unspecified atom stereocenters. The number of para-hydroxylation sites is 1. The van der Waals surface area contributed by atoms with Crippen molar-refractivity contribution in [2.75, 3.05) is 5.32 Å². The summed E-state index contributed by atoms with van der Waals surface area (Å²) < 4.78 is 16.1. The van der Waals surface area contributed by atoms with Crippen LogP contribution in [0.15, 0.2) is 66.0 Å². The van der Waals surface area contributed by atoms with E-state index in [0.717, 1.165) is 12.8 Å². The Kier molecular flexibility index (Phi) is 4.20. The van der Waals surface area contributed by atoms with Gasteiger partial charge in [-0.1, -0.05) is 24.3 Å². The van der Waals surface area contributed by atoms with E-state index in [4.69, 9.17) is 4.98 Å². The van der Waals surface area contributed by atoms with Crippen LogP contribution in [0.4, 0.5) is 10.2 Å². The minimum atomic E-state index is -0.581. The van der Waals surface area contributed by atoms with Gasteiger partial charge in [0.15, 0.2) is 11.5 Å². The predicted molar refractivity (Wildman–Crippen MR) is 118 cm³/mol. The molecule has 9 heteroatoms. The van der Waals surface area contributed by atoms with E-state index in [-0.39, 0.29) is 17.3 Å². The topological polar surface area (TPSA) is 101 Å². The molecule has 0 spiro atoms. The maximum atomic E-state index is 14.6. The Labute approximate surface area is 181 Å². The van der Waals surface area contributed by atoms with Gasteiger partial charge in [-0.15, -0.1) is 0 Å². The highest BCUT2D eigenvalue weighted by atomic mass is 19.1. The lowest BCUT2D eigenvalue weighted by Gasteiger charge is -2.23. The summed E-state index contributed by atoms with van der Waals surface area (Å²) in [6.07, 6.45) is 4.98. The van der Waals surface area contributed by atoms with Crippen LogP contribution in [0, 0.1) is 11.7 Å². The van der Waals surface area contributed by atoms with E-state index in [1.54, 1.807) is 18.5 Å². The fourth-order valence-corrected chi connectivity index (χ4v) is 4.09. The van der Waals surface area contributed by atoms with Crippen molar-refractivity contribution in [2.24, 2.45) is 5.92 Å². The highest BCUT2D eigenvalue weighted by molar-refractivity contribution is 5.82. The number of nitrogens with zero attached hydrogens (tertiary/aromatic N) is 5. The predicted octanol–water partition coefficient (Wildman–Crippen LogP) is 3.75. The Morgan fingerprint density at radius 1 is 1.06 bits per heavy atom. The Bertz CT molecular complexity index is 1510. The minimum Gasteiger partial charge on any atom is -0.358 e. The number of aromatic amines is 1. The van der Waals surface area contributed by atoms with Crippen LogP contribution in [0.5, 0.6) is 0 Å². The fraction of sp³-hybridized carbons (Fsp3) is 0.174. The normalized spacial score (nSPS) is 14.7. The number of rotatable bonds is 5. The van der Waals surface area contributed by atoms with Gasteiger partial charge in [0, 0.05) is 0 Å². The lowest BCUT2D eigenvalue weighted by molar-refractivity contribution is 0.604. The summed E-state index contributed by atoms with van der Waals surface area (Å²) in [6.45, 7) is 0. The third-order valence-electron chi connectivity index (χ3n) is 5.77. The van der Waals surface area contributed by atoms with Crippen LogP contribution in [-0.4, -0.2) is 29.5 Å². The number of hydrogen-bond acceptors (Lipinski definition) is 6. The molecule has 3 aromatic heterocycles. The molecule has 0 bridgehead atoms. The van der Waals surface area contributed by atoms with Gasteiger partial charge in [0.2, 0.25) is 0 Å². The van der Waals surface area contributed by atoms with Crippen LogP contribution in [-0.2, 0) is 0 Å². The molecule has 1 aliphatic carbocycles. The molecule has 158 valence electrons. The Morgan fingerprint density at radius 2 is 1.91 bits per heavy atom. The molecule has 2 aromatic carbocycles. The average Bonchev–Trinajstić information content (AvgIpc) is 3.53. The van der Waals surface area contributed by atoms with Crippen LogP contribution < -0.4 is 10.9 Å². The number of aromatic nitrogens is 6. The maximum Gasteiger partial charge on any atom is 0.269 e. The summed E-state index contributed by atoms with van der Waals surface area (Å²) in [5, 5.41) is 3.44. The number of fused-ring (bicyclic) bond motifs is 2. The molecule has 1 saturated carbocycles. The van der Waals surface area contributed by atoms with Gasteiger partial charge in [-0.2, -0.15) is 0 Å². The van der Waals surface area contributed by atoms with E-state index in [1.807, 2.05) is 30.3 Å². The van der Waals surface area contributed by atoms with E-state index in [0.29, 0.717) is 34.0 Å². The van der Waals surface area contributed by atoms with Crippen molar-refractivity contribution in [1.29, 1.82) is 0 Å². The molecule has 2 N–H and O–H groups in total. The third kappa shape index (κ3) is 3.01. The minimum absolute atomic E-state index is 0.0207. The largest absolute Gasteiger partial charge is 0.358 e. The zero-order chi connectivity index (χ0) is 21.7. The molecule has 32 heavy (non-hydrogen) atoms. The summed E-state index contributed by atoms with van der Waals surface area (Å²) in [4.78, 5) is 34.2. The van der Waals surface area contributed by atoms with Crippen LogP contribution in [0.25, 0.3) is 27.8 Å².